The van der Waals surface area contributed by atoms with Crippen LogP contribution in [0.4, 0.5) is 0 Å². The highest BCUT2D eigenvalue weighted by molar-refractivity contribution is 4.98. The molecule has 0 aromatic rings. The Hall–Kier alpha value is -0.340. The van der Waals surface area contributed by atoms with Crippen molar-refractivity contribution in [1.29, 1.82) is 0 Å². The molecule has 0 amide bonds. The highest BCUT2D eigenvalue weighted by Gasteiger charge is 2.43. The minimum atomic E-state index is -0.365. The van der Waals surface area contributed by atoms with Crippen molar-refractivity contribution in [2.45, 2.75) is 38.4 Å². The monoisotopic (exact) mass is 156 g/mol. The maximum Gasteiger partial charge on any atom is 0.0622 e. The summed E-state index contributed by atoms with van der Waals surface area (Å²) >= 11 is 0. The van der Waals surface area contributed by atoms with E-state index in [1.165, 1.54) is 0 Å². The van der Waals surface area contributed by atoms with E-state index in [0.717, 1.165) is 0 Å². The first kappa shape index (κ1) is 8.75. The van der Waals surface area contributed by atoms with Gasteiger partial charge in [-0.25, -0.2) is 0 Å². The van der Waals surface area contributed by atoms with Gasteiger partial charge in [-0.3, -0.25) is 0 Å². The highest BCUT2D eigenvalue weighted by atomic mass is 16.3. The maximum atomic E-state index is 9.54. The van der Waals surface area contributed by atoms with Gasteiger partial charge >= 0.3 is 0 Å². The Kier molecular flexibility index (Phi) is 2.35. The van der Waals surface area contributed by atoms with Crippen LogP contribution in [0.3, 0.4) is 0 Å². The lowest BCUT2D eigenvalue weighted by Gasteiger charge is -2.30. The normalized spacial score (nSPS) is 35.5. The van der Waals surface area contributed by atoms with Gasteiger partial charge in [0.05, 0.1) is 12.2 Å². The van der Waals surface area contributed by atoms with E-state index in [9.17, 15) is 10.2 Å². The van der Waals surface area contributed by atoms with E-state index in [2.05, 4.69) is 6.58 Å². The van der Waals surface area contributed by atoms with Gasteiger partial charge < -0.3 is 10.2 Å². The lowest BCUT2D eigenvalue weighted by atomic mass is 9.81. The first-order chi connectivity index (χ1) is 5.11. The van der Waals surface area contributed by atoms with Crippen LogP contribution in [0, 0.1) is 5.41 Å². The second-order valence-corrected chi connectivity index (χ2v) is 3.61. The van der Waals surface area contributed by atoms with Crippen molar-refractivity contribution in [3.05, 3.63) is 12.7 Å². The van der Waals surface area contributed by atoms with Gasteiger partial charge in [-0.05, 0) is 19.3 Å². The largest absolute Gasteiger partial charge is 0.392 e. The first-order valence-corrected chi connectivity index (χ1v) is 4.08. The van der Waals surface area contributed by atoms with Crippen LogP contribution < -0.4 is 0 Å². The highest BCUT2D eigenvalue weighted by Crippen LogP contribution is 2.41. The van der Waals surface area contributed by atoms with Gasteiger partial charge in [0, 0.05) is 5.41 Å². The topological polar surface area (TPSA) is 40.5 Å². The molecular formula is C9H16O2. The molecule has 0 aromatic heterocycles. The van der Waals surface area contributed by atoms with Crippen LogP contribution in [-0.2, 0) is 0 Å². The summed E-state index contributed by atoms with van der Waals surface area (Å²) in [6, 6.07) is 0. The molecule has 0 aliphatic heterocycles. The molecule has 0 spiro atoms. The Bertz CT molecular complexity index is 144. The van der Waals surface area contributed by atoms with Gasteiger partial charge in [-0.2, -0.15) is 0 Å². The summed E-state index contributed by atoms with van der Waals surface area (Å²) in [5.41, 5.74) is -0.345. The van der Waals surface area contributed by atoms with E-state index in [1.807, 2.05) is 6.92 Å². The van der Waals surface area contributed by atoms with Crippen LogP contribution >= 0.6 is 0 Å². The molecule has 0 saturated heterocycles. The van der Waals surface area contributed by atoms with Crippen molar-refractivity contribution in [2.75, 3.05) is 0 Å². The van der Waals surface area contributed by atoms with Crippen LogP contribution in [-0.4, -0.2) is 22.4 Å². The van der Waals surface area contributed by atoms with Gasteiger partial charge in [0.25, 0.3) is 0 Å². The molecule has 1 fully saturated rings. The number of rotatable bonds is 2. The molecule has 2 N–H and O–H groups in total. The molecular weight excluding hydrogens is 140 g/mol. The third-order valence-electron chi connectivity index (χ3n) is 2.82. The minimum Gasteiger partial charge on any atom is -0.392 e. The Morgan fingerprint density at radius 3 is 2.27 bits per heavy atom. The lowest BCUT2D eigenvalue weighted by Crippen LogP contribution is -2.35. The molecule has 0 heterocycles. The zero-order valence-corrected chi connectivity index (χ0v) is 6.95. The molecule has 0 radical (unpaired) electrons. The van der Waals surface area contributed by atoms with E-state index in [0.29, 0.717) is 19.3 Å². The maximum absolute atomic E-state index is 9.54. The van der Waals surface area contributed by atoms with E-state index in [-0.39, 0.29) is 17.6 Å². The summed E-state index contributed by atoms with van der Waals surface area (Å²) in [5.74, 6) is 0. The molecule has 0 bridgehead atoms. The van der Waals surface area contributed by atoms with Crippen LogP contribution in [0.2, 0.25) is 0 Å². The Balaban J connectivity index is 2.70. The van der Waals surface area contributed by atoms with E-state index >= 15 is 0 Å². The van der Waals surface area contributed by atoms with Gasteiger partial charge in [-0.1, -0.05) is 13.0 Å². The smallest absolute Gasteiger partial charge is 0.0622 e. The molecule has 2 atom stereocenters. The van der Waals surface area contributed by atoms with Crippen LogP contribution in [0.1, 0.15) is 26.2 Å². The molecule has 2 nitrogen and oxygen atoms in total. The quantitative estimate of drug-likeness (QED) is 0.587. The molecule has 1 aliphatic carbocycles. The summed E-state index contributed by atoms with van der Waals surface area (Å²) in [6.45, 7) is 5.53. The van der Waals surface area contributed by atoms with Gasteiger partial charge in [0.15, 0.2) is 0 Å². The van der Waals surface area contributed by atoms with Gasteiger partial charge in [0.1, 0.15) is 0 Å². The zero-order chi connectivity index (χ0) is 8.48. The van der Waals surface area contributed by atoms with E-state index in [1.54, 1.807) is 6.08 Å². The molecule has 11 heavy (non-hydrogen) atoms. The van der Waals surface area contributed by atoms with Crippen molar-refractivity contribution in [3.63, 3.8) is 0 Å². The van der Waals surface area contributed by atoms with Crippen LogP contribution in [0.25, 0.3) is 0 Å². The summed E-state index contributed by atoms with van der Waals surface area (Å²) in [7, 11) is 0. The fourth-order valence-corrected chi connectivity index (χ4v) is 1.78. The number of allylic oxidation sites excluding steroid dienone is 1. The second-order valence-electron chi connectivity index (χ2n) is 3.61. The SMILES string of the molecule is C=CCC1(C)[C@H](O)CC[C@H]1O. The molecule has 1 aliphatic rings. The van der Waals surface area contributed by atoms with Gasteiger partial charge in [-0.15, -0.1) is 6.58 Å². The minimum absolute atomic E-state index is 0.345. The summed E-state index contributed by atoms with van der Waals surface area (Å²) in [4.78, 5) is 0. The predicted molar refractivity (Wildman–Crippen MR) is 44.2 cm³/mol. The number of hydrogen-bond donors (Lipinski definition) is 2. The Morgan fingerprint density at radius 1 is 1.45 bits per heavy atom. The molecule has 1 saturated carbocycles. The van der Waals surface area contributed by atoms with Crippen molar-refractivity contribution in [1.82, 2.24) is 0 Å². The molecule has 64 valence electrons. The predicted octanol–water partition coefficient (Wildman–Crippen LogP) is 1.08. The van der Waals surface area contributed by atoms with Crippen molar-refractivity contribution in [2.24, 2.45) is 5.41 Å². The fraction of sp³-hybridized carbons (Fsp3) is 0.778. The van der Waals surface area contributed by atoms with Crippen LogP contribution in [0.5, 0.6) is 0 Å². The van der Waals surface area contributed by atoms with Crippen LogP contribution in [0.15, 0.2) is 12.7 Å². The van der Waals surface area contributed by atoms with Gasteiger partial charge in [0.2, 0.25) is 0 Å². The average Bonchev–Trinajstić information content (AvgIpc) is 2.19. The number of hydrogen-bond acceptors (Lipinski definition) is 2. The lowest BCUT2D eigenvalue weighted by molar-refractivity contribution is -0.00822. The summed E-state index contributed by atoms with van der Waals surface area (Å²) < 4.78 is 0. The average molecular weight is 156 g/mol. The number of aliphatic hydroxyl groups excluding tert-OH is 2. The molecule has 2 heteroatoms. The summed E-state index contributed by atoms with van der Waals surface area (Å²) in [5, 5.41) is 19.1. The number of aliphatic hydroxyl groups is 2. The fourth-order valence-electron chi connectivity index (χ4n) is 1.78. The van der Waals surface area contributed by atoms with E-state index in [4.69, 9.17) is 0 Å². The third kappa shape index (κ3) is 1.33. The Labute approximate surface area is 67.6 Å². The van der Waals surface area contributed by atoms with Crippen molar-refractivity contribution in [3.8, 4) is 0 Å². The van der Waals surface area contributed by atoms with Crippen molar-refractivity contribution < 1.29 is 10.2 Å². The standard InChI is InChI=1S/C9H16O2/c1-3-6-9(2)7(10)4-5-8(9)11/h3,7-8,10-11H,1,4-6H2,2H3/t7-,8-/m1/s1. The zero-order valence-electron chi connectivity index (χ0n) is 6.95. The molecule has 0 aromatic carbocycles. The Morgan fingerprint density at radius 2 is 1.91 bits per heavy atom. The van der Waals surface area contributed by atoms with Crippen molar-refractivity contribution >= 4 is 0 Å². The molecule has 1 rings (SSSR count). The molecule has 0 unspecified atom stereocenters. The third-order valence-corrected chi connectivity index (χ3v) is 2.82. The van der Waals surface area contributed by atoms with E-state index < -0.39 is 0 Å². The second kappa shape index (κ2) is 2.95. The first-order valence-electron chi connectivity index (χ1n) is 4.08. The summed E-state index contributed by atoms with van der Waals surface area (Å²) in [6.07, 6.45) is 3.15.